The lowest BCUT2D eigenvalue weighted by atomic mass is 10.1. The Morgan fingerprint density at radius 3 is 2.53 bits per heavy atom. The normalized spacial score (nSPS) is 12.8. The Balaban J connectivity index is 2.39. The van der Waals surface area contributed by atoms with Crippen molar-refractivity contribution in [3.05, 3.63) is 55.4 Å². The number of rotatable bonds is 2. The Morgan fingerprint density at radius 2 is 2.00 bits per heavy atom. The minimum absolute atomic E-state index is 0.243. The molecule has 0 bridgehead atoms. The first kappa shape index (κ1) is 13.1. The fourth-order valence-corrected chi connectivity index (χ4v) is 3.54. The molecule has 4 heteroatoms. The lowest BCUT2D eigenvalue weighted by Crippen LogP contribution is -1.95. The van der Waals surface area contributed by atoms with Crippen molar-refractivity contribution >= 4 is 38.9 Å². The Labute approximate surface area is 118 Å². The molecule has 2 aromatic rings. The predicted molar refractivity (Wildman–Crippen MR) is 75.6 cm³/mol. The van der Waals surface area contributed by atoms with Crippen LogP contribution in [0.15, 0.2) is 28.1 Å². The molecule has 0 aliphatic rings. The molecule has 0 aliphatic carbocycles. The van der Waals surface area contributed by atoms with E-state index in [0.29, 0.717) is 5.56 Å². The molecule has 0 fully saturated rings. The minimum Gasteiger partial charge on any atom is -0.207 e. The first-order chi connectivity index (χ1) is 7.99. The van der Waals surface area contributed by atoms with Gasteiger partial charge in [0.1, 0.15) is 5.82 Å². The van der Waals surface area contributed by atoms with Crippen molar-refractivity contribution in [2.24, 2.45) is 0 Å². The van der Waals surface area contributed by atoms with Gasteiger partial charge in [-0.15, -0.1) is 22.9 Å². The highest BCUT2D eigenvalue weighted by Gasteiger charge is 2.18. The number of thiophene rings is 1. The van der Waals surface area contributed by atoms with E-state index in [2.05, 4.69) is 15.9 Å². The van der Waals surface area contributed by atoms with Crippen molar-refractivity contribution in [3.8, 4) is 0 Å². The molecule has 0 aliphatic heterocycles. The third-order valence-electron chi connectivity index (χ3n) is 2.56. The van der Waals surface area contributed by atoms with Gasteiger partial charge in [-0.3, -0.25) is 0 Å². The van der Waals surface area contributed by atoms with Crippen LogP contribution < -0.4 is 0 Å². The maximum absolute atomic E-state index is 13.8. The SMILES string of the molecule is Cc1ccc(C(Cl)c2cc(C)c(Br)s2)c(F)c1. The van der Waals surface area contributed by atoms with E-state index in [-0.39, 0.29) is 5.82 Å². The van der Waals surface area contributed by atoms with Gasteiger partial charge in [0.25, 0.3) is 0 Å². The van der Waals surface area contributed by atoms with E-state index in [4.69, 9.17) is 11.6 Å². The minimum atomic E-state index is -0.425. The zero-order valence-corrected chi connectivity index (χ0v) is 12.6. The van der Waals surface area contributed by atoms with E-state index in [1.54, 1.807) is 17.4 Å². The zero-order valence-electron chi connectivity index (χ0n) is 9.43. The molecule has 0 nitrogen and oxygen atoms in total. The van der Waals surface area contributed by atoms with Crippen LogP contribution in [0.3, 0.4) is 0 Å². The van der Waals surface area contributed by atoms with E-state index in [9.17, 15) is 4.39 Å². The molecular formula is C13H11BrClFS. The summed E-state index contributed by atoms with van der Waals surface area (Å²) in [6.45, 7) is 3.86. The smallest absolute Gasteiger partial charge is 0.128 e. The van der Waals surface area contributed by atoms with Crippen LogP contribution in [0.25, 0.3) is 0 Å². The number of halogens is 3. The predicted octanol–water partition coefficient (Wildman–Crippen LogP) is 5.59. The molecule has 1 heterocycles. The summed E-state index contributed by atoms with van der Waals surface area (Å²) in [6, 6.07) is 7.14. The fraction of sp³-hybridized carbons (Fsp3) is 0.231. The molecule has 0 saturated carbocycles. The lowest BCUT2D eigenvalue weighted by Gasteiger charge is -2.09. The van der Waals surface area contributed by atoms with Gasteiger partial charge in [0.05, 0.1) is 9.16 Å². The molecule has 0 N–H and O–H groups in total. The Bertz CT molecular complexity index is 531. The first-order valence-corrected chi connectivity index (χ1v) is 7.19. The lowest BCUT2D eigenvalue weighted by molar-refractivity contribution is 0.611. The van der Waals surface area contributed by atoms with E-state index < -0.39 is 5.38 Å². The molecule has 1 unspecified atom stereocenters. The maximum atomic E-state index is 13.8. The van der Waals surface area contributed by atoms with Crippen molar-refractivity contribution in [2.45, 2.75) is 19.2 Å². The Hall–Kier alpha value is -0.380. The maximum Gasteiger partial charge on any atom is 0.128 e. The van der Waals surface area contributed by atoms with Crippen molar-refractivity contribution in [2.75, 3.05) is 0 Å². The van der Waals surface area contributed by atoms with E-state index in [0.717, 1.165) is 19.8 Å². The Morgan fingerprint density at radius 1 is 1.29 bits per heavy atom. The van der Waals surface area contributed by atoms with Gasteiger partial charge in [-0.2, -0.15) is 0 Å². The van der Waals surface area contributed by atoms with Crippen LogP contribution in [-0.2, 0) is 0 Å². The molecule has 0 amide bonds. The van der Waals surface area contributed by atoms with Gasteiger partial charge >= 0.3 is 0 Å². The van der Waals surface area contributed by atoms with E-state index in [1.807, 2.05) is 26.0 Å². The average molecular weight is 334 g/mol. The number of hydrogen-bond donors (Lipinski definition) is 0. The second-order valence-corrected chi connectivity index (χ2v) is 6.83. The molecule has 0 spiro atoms. The van der Waals surface area contributed by atoms with Gasteiger partial charge < -0.3 is 0 Å². The van der Waals surface area contributed by atoms with E-state index >= 15 is 0 Å². The van der Waals surface area contributed by atoms with Crippen LogP contribution in [0.2, 0.25) is 0 Å². The van der Waals surface area contributed by atoms with Gasteiger partial charge in [-0.05, 0) is 53.0 Å². The summed E-state index contributed by atoms with van der Waals surface area (Å²) in [4.78, 5) is 0.957. The molecular weight excluding hydrogens is 323 g/mol. The summed E-state index contributed by atoms with van der Waals surface area (Å²) in [6.07, 6.45) is 0. The van der Waals surface area contributed by atoms with Crippen molar-refractivity contribution in [1.29, 1.82) is 0 Å². The van der Waals surface area contributed by atoms with Gasteiger partial charge in [0, 0.05) is 10.4 Å². The highest BCUT2D eigenvalue weighted by molar-refractivity contribution is 9.11. The largest absolute Gasteiger partial charge is 0.207 e. The number of hydrogen-bond acceptors (Lipinski definition) is 1. The summed E-state index contributed by atoms with van der Waals surface area (Å²) in [5.41, 5.74) is 2.56. The molecule has 1 aromatic heterocycles. The molecule has 1 aromatic carbocycles. The molecule has 2 rings (SSSR count). The third kappa shape index (κ3) is 2.72. The van der Waals surface area contributed by atoms with Gasteiger partial charge in [-0.1, -0.05) is 12.1 Å². The molecule has 90 valence electrons. The van der Waals surface area contributed by atoms with Crippen LogP contribution in [0.5, 0.6) is 0 Å². The van der Waals surface area contributed by atoms with Crippen LogP contribution in [0, 0.1) is 19.7 Å². The summed E-state index contributed by atoms with van der Waals surface area (Å²) >= 11 is 11.3. The number of aryl methyl sites for hydroxylation is 2. The monoisotopic (exact) mass is 332 g/mol. The molecule has 17 heavy (non-hydrogen) atoms. The molecule has 0 saturated heterocycles. The summed E-state index contributed by atoms with van der Waals surface area (Å²) in [7, 11) is 0. The van der Waals surface area contributed by atoms with Crippen LogP contribution in [0.4, 0.5) is 4.39 Å². The highest BCUT2D eigenvalue weighted by Crippen LogP contribution is 2.38. The zero-order chi connectivity index (χ0) is 12.6. The van der Waals surface area contributed by atoms with Crippen LogP contribution in [-0.4, -0.2) is 0 Å². The highest BCUT2D eigenvalue weighted by atomic mass is 79.9. The topological polar surface area (TPSA) is 0 Å². The number of alkyl halides is 1. The van der Waals surface area contributed by atoms with Crippen molar-refractivity contribution in [1.82, 2.24) is 0 Å². The van der Waals surface area contributed by atoms with Gasteiger partial charge in [0.15, 0.2) is 0 Å². The Kier molecular flexibility index (Phi) is 3.91. The van der Waals surface area contributed by atoms with E-state index in [1.165, 1.54) is 6.07 Å². The molecule has 1 atom stereocenters. The first-order valence-electron chi connectivity index (χ1n) is 5.15. The third-order valence-corrected chi connectivity index (χ3v) is 5.36. The number of benzene rings is 1. The second kappa shape index (κ2) is 5.09. The summed E-state index contributed by atoms with van der Waals surface area (Å²) in [5.74, 6) is -0.243. The average Bonchev–Trinajstić information content (AvgIpc) is 2.58. The quantitative estimate of drug-likeness (QED) is 0.628. The molecule has 0 radical (unpaired) electrons. The second-order valence-electron chi connectivity index (χ2n) is 3.99. The van der Waals surface area contributed by atoms with Crippen LogP contribution >= 0.6 is 38.9 Å². The van der Waals surface area contributed by atoms with Crippen molar-refractivity contribution < 1.29 is 4.39 Å². The summed E-state index contributed by atoms with van der Waals surface area (Å²) in [5, 5.41) is -0.425. The van der Waals surface area contributed by atoms with Crippen molar-refractivity contribution in [3.63, 3.8) is 0 Å². The van der Waals surface area contributed by atoms with Crippen LogP contribution in [0.1, 0.15) is 26.9 Å². The standard InChI is InChI=1S/C13H11BrClFS/c1-7-3-4-9(10(16)5-7)12(15)11-6-8(2)13(14)17-11/h3-6,12H,1-2H3. The summed E-state index contributed by atoms with van der Waals surface area (Å²) < 4.78 is 14.8. The van der Waals surface area contributed by atoms with Gasteiger partial charge in [-0.25, -0.2) is 4.39 Å². The van der Waals surface area contributed by atoms with Gasteiger partial charge in [0.2, 0.25) is 0 Å². The fourth-order valence-electron chi connectivity index (χ4n) is 1.60.